The van der Waals surface area contributed by atoms with Gasteiger partial charge >= 0.3 is 11.9 Å². The number of aliphatic hydroxyl groups excluding tert-OH is 2. The van der Waals surface area contributed by atoms with E-state index in [-0.39, 0.29) is 17.8 Å². The van der Waals surface area contributed by atoms with Crippen LogP contribution in [-0.4, -0.2) is 53.4 Å². The Morgan fingerprint density at radius 3 is 2.81 bits per heavy atom. The van der Waals surface area contributed by atoms with Gasteiger partial charge in [0.15, 0.2) is 0 Å². The first-order chi connectivity index (χ1) is 12.8. The number of aldehydes is 1. The van der Waals surface area contributed by atoms with E-state index in [1.54, 1.807) is 19.1 Å². The van der Waals surface area contributed by atoms with Gasteiger partial charge in [-0.25, -0.2) is 4.79 Å². The molecule has 0 aromatic carbocycles. The Kier molecular flexibility index (Phi) is 7.10. The van der Waals surface area contributed by atoms with Gasteiger partial charge in [-0.1, -0.05) is 26.5 Å². The number of allylic oxidation sites excluding steroid dienone is 1. The third-order valence-electron chi connectivity index (χ3n) is 5.12. The second-order valence-electron chi connectivity index (χ2n) is 6.92. The largest absolute Gasteiger partial charge is 0.458 e. The van der Waals surface area contributed by atoms with Gasteiger partial charge in [0.25, 0.3) is 0 Å². The lowest BCUT2D eigenvalue weighted by Gasteiger charge is -2.31. The van der Waals surface area contributed by atoms with Crippen LogP contribution < -0.4 is 0 Å². The monoisotopic (exact) mass is 378 g/mol. The molecule has 0 aromatic rings. The lowest BCUT2D eigenvalue weighted by molar-refractivity contribution is -0.162. The van der Waals surface area contributed by atoms with Crippen LogP contribution in [0.3, 0.4) is 0 Å². The minimum absolute atomic E-state index is 0.0559. The fraction of sp³-hybridized carbons (Fsp3) is 0.550. The summed E-state index contributed by atoms with van der Waals surface area (Å²) in [6.07, 6.45) is 1.57. The maximum atomic E-state index is 12.4. The highest BCUT2D eigenvalue weighted by molar-refractivity contribution is 5.91. The fourth-order valence-electron chi connectivity index (χ4n) is 3.18. The van der Waals surface area contributed by atoms with Crippen LogP contribution in [0.4, 0.5) is 0 Å². The lowest BCUT2D eigenvalue weighted by atomic mass is 9.83. The first-order valence-electron chi connectivity index (χ1n) is 9.08. The zero-order chi connectivity index (χ0) is 20.1. The van der Waals surface area contributed by atoms with Crippen LogP contribution in [0.5, 0.6) is 0 Å². The molecule has 2 rings (SSSR count). The average molecular weight is 378 g/mol. The maximum Gasteiger partial charge on any atom is 0.334 e. The molecular formula is C20H26O7. The second kappa shape index (κ2) is 9.10. The number of hydrogen-bond acceptors (Lipinski definition) is 7. The van der Waals surface area contributed by atoms with Crippen molar-refractivity contribution in [3.8, 4) is 0 Å². The van der Waals surface area contributed by atoms with Crippen LogP contribution in [0.25, 0.3) is 0 Å². The predicted octanol–water partition coefficient (Wildman–Crippen LogP) is 1.24. The number of ether oxygens (including phenoxy) is 2. The van der Waals surface area contributed by atoms with E-state index in [1.807, 2.05) is 6.92 Å². The van der Waals surface area contributed by atoms with E-state index in [9.17, 15) is 24.6 Å². The number of aliphatic hydroxyl groups is 2. The maximum absolute atomic E-state index is 12.4. The predicted molar refractivity (Wildman–Crippen MR) is 96.4 cm³/mol. The molecule has 1 heterocycles. The lowest BCUT2D eigenvalue weighted by Crippen LogP contribution is -2.43. The Morgan fingerprint density at radius 1 is 1.52 bits per heavy atom. The van der Waals surface area contributed by atoms with E-state index in [2.05, 4.69) is 6.58 Å². The van der Waals surface area contributed by atoms with Crippen molar-refractivity contribution in [1.82, 2.24) is 0 Å². The molecule has 0 spiro atoms. The molecule has 7 heteroatoms. The topological polar surface area (TPSA) is 110 Å². The first-order valence-corrected chi connectivity index (χ1v) is 9.08. The Morgan fingerprint density at radius 2 is 2.22 bits per heavy atom. The van der Waals surface area contributed by atoms with Gasteiger partial charge < -0.3 is 19.7 Å². The van der Waals surface area contributed by atoms with Crippen molar-refractivity contribution in [2.75, 3.05) is 6.61 Å². The summed E-state index contributed by atoms with van der Waals surface area (Å²) in [6.45, 7) is 7.01. The van der Waals surface area contributed by atoms with Crippen LogP contribution in [-0.2, 0) is 23.9 Å². The second-order valence-corrected chi connectivity index (χ2v) is 6.92. The molecule has 0 radical (unpaired) electrons. The van der Waals surface area contributed by atoms with Gasteiger partial charge in [0.1, 0.15) is 24.6 Å². The standard InChI is InChI=1S/C20H26O7/c1-4-11(2)19(24)27-18-16-12(3)20(25)26-15(16)8-13(9-21)6-5-7-14(10-22)17(18)23/h7-8,10-11,15-18,21,23H,3-6,9H2,1-2H3/b13-8-,14-7?. The summed E-state index contributed by atoms with van der Waals surface area (Å²) >= 11 is 0. The summed E-state index contributed by atoms with van der Waals surface area (Å²) in [5.74, 6) is -2.47. The molecule has 0 saturated carbocycles. The summed E-state index contributed by atoms with van der Waals surface area (Å²) in [7, 11) is 0. The highest BCUT2D eigenvalue weighted by Gasteiger charge is 2.48. The zero-order valence-electron chi connectivity index (χ0n) is 15.6. The van der Waals surface area contributed by atoms with Gasteiger partial charge in [0, 0.05) is 11.1 Å². The number of hydrogen-bond donors (Lipinski definition) is 2. The molecule has 1 aliphatic carbocycles. The van der Waals surface area contributed by atoms with Crippen molar-refractivity contribution < 1.29 is 34.1 Å². The molecule has 7 nitrogen and oxygen atoms in total. The fourth-order valence-corrected chi connectivity index (χ4v) is 3.18. The zero-order valence-corrected chi connectivity index (χ0v) is 15.6. The smallest absolute Gasteiger partial charge is 0.334 e. The van der Waals surface area contributed by atoms with E-state index in [1.165, 1.54) is 0 Å². The molecular weight excluding hydrogens is 352 g/mol. The third kappa shape index (κ3) is 4.54. The van der Waals surface area contributed by atoms with E-state index in [4.69, 9.17) is 9.47 Å². The highest BCUT2D eigenvalue weighted by Crippen LogP contribution is 2.36. The molecule has 148 valence electrons. The van der Waals surface area contributed by atoms with E-state index in [0.717, 1.165) is 0 Å². The Bertz CT molecular complexity index is 676. The number of carbonyl (C=O) groups excluding carboxylic acids is 3. The van der Waals surface area contributed by atoms with Crippen molar-refractivity contribution in [3.05, 3.63) is 35.5 Å². The molecule has 0 aromatic heterocycles. The van der Waals surface area contributed by atoms with Crippen LogP contribution in [0.1, 0.15) is 33.1 Å². The SMILES string of the molecule is C=C1C(=O)OC2/C=C(\CO)CCC=C(C=O)C(O)C(OC(=O)C(C)CC)C12. The molecule has 1 fully saturated rings. The Balaban J connectivity index is 2.50. The van der Waals surface area contributed by atoms with E-state index in [0.29, 0.717) is 31.1 Å². The van der Waals surface area contributed by atoms with Gasteiger partial charge in [-0.2, -0.15) is 0 Å². The van der Waals surface area contributed by atoms with Crippen LogP contribution in [0.2, 0.25) is 0 Å². The number of rotatable bonds is 5. The van der Waals surface area contributed by atoms with Crippen molar-refractivity contribution >= 4 is 18.2 Å². The molecule has 0 bridgehead atoms. The van der Waals surface area contributed by atoms with E-state index >= 15 is 0 Å². The van der Waals surface area contributed by atoms with Crippen LogP contribution in [0, 0.1) is 11.8 Å². The molecule has 2 aliphatic rings. The molecule has 5 unspecified atom stereocenters. The highest BCUT2D eigenvalue weighted by atomic mass is 16.6. The van der Waals surface area contributed by atoms with E-state index < -0.39 is 42.1 Å². The summed E-state index contributed by atoms with van der Waals surface area (Å²) in [4.78, 5) is 36.0. The Labute approximate surface area is 158 Å². The summed E-state index contributed by atoms with van der Waals surface area (Å²) in [5.41, 5.74) is 0.736. The minimum atomic E-state index is -1.42. The number of esters is 2. The first kappa shape index (κ1) is 21.1. The van der Waals surface area contributed by atoms with Gasteiger partial charge in [0.2, 0.25) is 0 Å². The average Bonchev–Trinajstić information content (AvgIpc) is 2.94. The third-order valence-corrected chi connectivity index (χ3v) is 5.12. The normalized spacial score (nSPS) is 31.7. The van der Waals surface area contributed by atoms with Crippen molar-refractivity contribution in [2.24, 2.45) is 11.8 Å². The quantitative estimate of drug-likeness (QED) is 0.320. The summed E-state index contributed by atoms with van der Waals surface area (Å²) in [6, 6.07) is 0. The van der Waals surface area contributed by atoms with Crippen molar-refractivity contribution in [2.45, 2.75) is 51.4 Å². The van der Waals surface area contributed by atoms with Crippen molar-refractivity contribution in [3.63, 3.8) is 0 Å². The summed E-state index contributed by atoms with van der Waals surface area (Å²) in [5, 5.41) is 20.3. The molecule has 27 heavy (non-hydrogen) atoms. The summed E-state index contributed by atoms with van der Waals surface area (Å²) < 4.78 is 10.9. The molecule has 5 atom stereocenters. The van der Waals surface area contributed by atoms with Gasteiger partial charge in [-0.05, 0) is 30.9 Å². The van der Waals surface area contributed by atoms with Gasteiger partial charge in [-0.3, -0.25) is 9.59 Å². The number of fused-ring (bicyclic) bond motifs is 1. The molecule has 1 saturated heterocycles. The van der Waals surface area contributed by atoms with Gasteiger partial charge in [0.05, 0.1) is 18.4 Å². The molecule has 0 amide bonds. The minimum Gasteiger partial charge on any atom is -0.458 e. The van der Waals surface area contributed by atoms with Crippen LogP contribution >= 0.6 is 0 Å². The van der Waals surface area contributed by atoms with Crippen molar-refractivity contribution in [1.29, 1.82) is 0 Å². The van der Waals surface area contributed by atoms with Gasteiger partial charge in [-0.15, -0.1) is 0 Å². The molecule has 1 aliphatic heterocycles. The Hall–Kier alpha value is -2.25. The number of carbonyl (C=O) groups is 3. The molecule has 2 N–H and O–H groups in total. The van der Waals surface area contributed by atoms with Crippen LogP contribution in [0.15, 0.2) is 35.5 Å².